The minimum absolute atomic E-state index is 0.0410. The number of fused-ring (bicyclic) bond motifs is 1. The molecule has 24 heavy (non-hydrogen) atoms. The Morgan fingerprint density at radius 3 is 2.54 bits per heavy atom. The van der Waals surface area contributed by atoms with Gasteiger partial charge in [-0.05, 0) is 30.5 Å². The number of para-hydroxylation sites is 1. The predicted molar refractivity (Wildman–Crippen MR) is 94.9 cm³/mol. The van der Waals surface area contributed by atoms with Gasteiger partial charge < -0.3 is 10.2 Å². The number of amides is 2. The van der Waals surface area contributed by atoms with Crippen LogP contribution in [0, 0.1) is 6.92 Å². The smallest absolute Gasteiger partial charge is 0.229 e. The molecule has 124 valence electrons. The number of nitrogens with zero attached hydrogens (tertiary/aromatic N) is 1. The van der Waals surface area contributed by atoms with Gasteiger partial charge >= 0.3 is 0 Å². The van der Waals surface area contributed by atoms with Gasteiger partial charge in [-0.2, -0.15) is 0 Å². The van der Waals surface area contributed by atoms with E-state index in [-0.39, 0.29) is 24.3 Å². The van der Waals surface area contributed by atoms with Crippen LogP contribution in [0.2, 0.25) is 0 Å². The van der Waals surface area contributed by atoms with E-state index in [2.05, 4.69) is 11.4 Å². The molecule has 0 aromatic heterocycles. The summed E-state index contributed by atoms with van der Waals surface area (Å²) in [5.74, 6) is -0.0885. The molecule has 0 spiro atoms. The zero-order chi connectivity index (χ0) is 17.1. The van der Waals surface area contributed by atoms with Crippen LogP contribution >= 0.6 is 0 Å². The maximum Gasteiger partial charge on any atom is 0.229 e. The first-order chi connectivity index (χ1) is 11.5. The van der Waals surface area contributed by atoms with Crippen LogP contribution in [0.5, 0.6) is 0 Å². The summed E-state index contributed by atoms with van der Waals surface area (Å²) in [6, 6.07) is 15.6. The standard InChI is InChI=1S/C20H22N2O2/c1-14-7-9-16(10-8-14)18(21-15(2)23)13-20(24)22-12-11-17-5-3-4-6-19(17)22/h3-10,18H,11-13H2,1-2H3,(H,21,23). The van der Waals surface area contributed by atoms with Gasteiger partial charge in [0.25, 0.3) is 0 Å². The van der Waals surface area contributed by atoms with Crippen LogP contribution < -0.4 is 10.2 Å². The summed E-state index contributed by atoms with van der Waals surface area (Å²) < 4.78 is 0. The largest absolute Gasteiger partial charge is 0.349 e. The van der Waals surface area contributed by atoms with E-state index in [9.17, 15) is 9.59 Å². The number of benzene rings is 2. The third kappa shape index (κ3) is 3.48. The Morgan fingerprint density at radius 1 is 1.12 bits per heavy atom. The summed E-state index contributed by atoms with van der Waals surface area (Å²) >= 11 is 0. The Morgan fingerprint density at radius 2 is 1.83 bits per heavy atom. The summed E-state index contributed by atoms with van der Waals surface area (Å²) in [6.07, 6.45) is 1.15. The lowest BCUT2D eigenvalue weighted by molar-refractivity contribution is -0.121. The molecule has 2 amide bonds. The van der Waals surface area contributed by atoms with Crippen LogP contribution in [0.1, 0.15) is 36.1 Å². The molecule has 4 nitrogen and oxygen atoms in total. The molecule has 1 heterocycles. The topological polar surface area (TPSA) is 49.4 Å². The molecule has 0 saturated carbocycles. The molecule has 0 bridgehead atoms. The molecule has 1 aliphatic rings. The van der Waals surface area contributed by atoms with Crippen LogP contribution in [0.25, 0.3) is 0 Å². The fourth-order valence-corrected chi connectivity index (χ4v) is 3.18. The normalized spacial score (nSPS) is 14.2. The average Bonchev–Trinajstić information content (AvgIpc) is 2.98. The van der Waals surface area contributed by atoms with E-state index in [0.29, 0.717) is 6.54 Å². The fourth-order valence-electron chi connectivity index (χ4n) is 3.18. The highest BCUT2D eigenvalue weighted by molar-refractivity contribution is 5.96. The third-order valence-corrected chi connectivity index (χ3v) is 4.42. The maximum atomic E-state index is 12.8. The van der Waals surface area contributed by atoms with Gasteiger partial charge in [0.15, 0.2) is 0 Å². The van der Waals surface area contributed by atoms with E-state index < -0.39 is 0 Å². The molecular weight excluding hydrogens is 300 g/mol. The Kier molecular flexibility index (Phi) is 4.65. The Balaban J connectivity index is 1.79. The number of nitrogens with one attached hydrogen (secondary N) is 1. The van der Waals surface area contributed by atoms with Crippen molar-refractivity contribution in [2.24, 2.45) is 0 Å². The van der Waals surface area contributed by atoms with Crippen LogP contribution in [0.15, 0.2) is 48.5 Å². The maximum absolute atomic E-state index is 12.8. The van der Waals surface area contributed by atoms with E-state index in [1.807, 2.05) is 54.3 Å². The molecule has 1 N–H and O–H groups in total. The molecule has 4 heteroatoms. The van der Waals surface area contributed by atoms with Gasteiger partial charge in [-0.3, -0.25) is 9.59 Å². The molecule has 2 aromatic rings. The molecule has 1 aliphatic heterocycles. The second kappa shape index (κ2) is 6.87. The summed E-state index contributed by atoms with van der Waals surface area (Å²) in [4.78, 5) is 26.2. The van der Waals surface area contributed by atoms with Gasteiger partial charge in [0.05, 0.1) is 12.5 Å². The SMILES string of the molecule is CC(=O)NC(CC(=O)N1CCc2ccccc21)c1ccc(C)cc1. The van der Waals surface area contributed by atoms with Gasteiger partial charge in [-0.25, -0.2) is 0 Å². The summed E-state index contributed by atoms with van der Waals surface area (Å²) in [6.45, 7) is 4.21. The van der Waals surface area contributed by atoms with Crippen molar-refractivity contribution in [1.82, 2.24) is 5.32 Å². The van der Waals surface area contributed by atoms with E-state index in [1.54, 1.807) is 0 Å². The number of carbonyl (C=O) groups is 2. The molecule has 2 aromatic carbocycles. The highest BCUT2D eigenvalue weighted by atomic mass is 16.2. The number of hydrogen-bond acceptors (Lipinski definition) is 2. The van der Waals surface area contributed by atoms with Gasteiger partial charge in [0.2, 0.25) is 11.8 Å². The third-order valence-electron chi connectivity index (χ3n) is 4.42. The monoisotopic (exact) mass is 322 g/mol. The molecule has 3 rings (SSSR count). The Bertz CT molecular complexity index is 752. The van der Waals surface area contributed by atoms with Crippen LogP contribution in [0.4, 0.5) is 5.69 Å². The average molecular weight is 322 g/mol. The second-order valence-corrected chi connectivity index (χ2v) is 6.29. The van der Waals surface area contributed by atoms with Crippen molar-refractivity contribution < 1.29 is 9.59 Å². The summed E-state index contributed by atoms with van der Waals surface area (Å²) in [7, 11) is 0. The van der Waals surface area contributed by atoms with E-state index >= 15 is 0 Å². The first-order valence-electron chi connectivity index (χ1n) is 8.26. The molecular formula is C20H22N2O2. The number of anilines is 1. The molecule has 1 atom stereocenters. The predicted octanol–water partition coefficient (Wildman–Crippen LogP) is 3.15. The highest BCUT2D eigenvalue weighted by Crippen LogP contribution is 2.29. The van der Waals surface area contributed by atoms with Crippen molar-refractivity contribution in [3.8, 4) is 0 Å². The fraction of sp³-hybridized carbons (Fsp3) is 0.300. The van der Waals surface area contributed by atoms with Gasteiger partial charge in [-0.15, -0.1) is 0 Å². The van der Waals surface area contributed by atoms with E-state index in [0.717, 1.165) is 23.2 Å². The van der Waals surface area contributed by atoms with Gasteiger partial charge in [0, 0.05) is 19.2 Å². The minimum Gasteiger partial charge on any atom is -0.349 e. The quantitative estimate of drug-likeness (QED) is 0.940. The van der Waals surface area contributed by atoms with Crippen molar-refractivity contribution in [1.29, 1.82) is 0 Å². The molecule has 0 saturated heterocycles. The lowest BCUT2D eigenvalue weighted by Gasteiger charge is -2.23. The lowest BCUT2D eigenvalue weighted by Crippen LogP contribution is -2.35. The second-order valence-electron chi connectivity index (χ2n) is 6.29. The summed E-state index contributed by atoms with van der Waals surface area (Å²) in [5, 5.41) is 2.91. The number of aryl methyl sites for hydroxylation is 1. The number of rotatable bonds is 4. The van der Waals surface area contributed by atoms with Crippen LogP contribution in [0.3, 0.4) is 0 Å². The number of carbonyl (C=O) groups excluding carboxylic acids is 2. The molecule has 0 radical (unpaired) electrons. The highest BCUT2D eigenvalue weighted by Gasteiger charge is 2.27. The van der Waals surface area contributed by atoms with Crippen molar-refractivity contribution >= 4 is 17.5 Å². The molecule has 1 unspecified atom stereocenters. The Hall–Kier alpha value is -2.62. The minimum atomic E-state index is -0.302. The van der Waals surface area contributed by atoms with Crippen molar-refractivity contribution in [2.75, 3.05) is 11.4 Å². The lowest BCUT2D eigenvalue weighted by atomic mass is 10.0. The number of hydrogen-bond donors (Lipinski definition) is 1. The van der Waals surface area contributed by atoms with Gasteiger partial charge in [0.1, 0.15) is 0 Å². The van der Waals surface area contributed by atoms with Crippen molar-refractivity contribution in [2.45, 2.75) is 32.7 Å². The summed E-state index contributed by atoms with van der Waals surface area (Å²) in [5.41, 5.74) is 4.31. The molecule has 0 aliphatic carbocycles. The van der Waals surface area contributed by atoms with E-state index in [1.165, 1.54) is 12.5 Å². The van der Waals surface area contributed by atoms with Crippen molar-refractivity contribution in [3.63, 3.8) is 0 Å². The van der Waals surface area contributed by atoms with Gasteiger partial charge in [-0.1, -0.05) is 48.0 Å². The zero-order valence-electron chi connectivity index (χ0n) is 14.1. The first kappa shape index (κ1) is 16.2. The molecule has 0 fully saturated rings. The van der Waals surface area contributed by atoms with Crippen LogP contribution in [-0.2, 0) is 16.0 Å². The van der Waals surface area contributed by atoms with E-state index in [4.69, 9.17) is 0 Å². The first-order valence-corrected chi connectivity index (χ1v) is 8.26. The van der Waals surface area contributed by atoms with Crippen LogP contribution in [-0.4, -0.2) is 18.4 Å². The zero-order valence-corrected chi connectivity index (χ0v) is 14.1. The van der Waals surface area contributed by atoms with Crippen molar-refractivity contribution in [3.05, 3.63) is 65.2 Å². The Labute approximate surface area is 142 Å².